The Balaban J connectivity index is 2.08. The van der Waals surface area contributed by atoms with Crippen LogP contribution in [0.3, 0.4) is 0 Å². The topological polar surface area (TPSA) is 47.1 Å². The molecule has 4 heteroatoms. The highest BCUT2D eigenvalue weighted by Gasteiger charge is 2.22. The van der Waals surface area contributed by atoms with Gasteiger partial charge in [-0.2, -0.15) is 5.10 Å². The molecular formula is C10H18N4. The molecule has 1 aromatic rings. The van der Waals surface area contributed by atoms with E-state index in [1.165, 1.54) is 24.9 Å². The molecule has 1 saturated heterocycles. The van der Waals surface area contributed by atoms with Crippen LogP contribution in [0.2, 0.25) is 0 Å². The second kappa shape index (κ2) is 4.11. The molecule has 1 unspecified atom stereocenters. The molecular weight excluding hydrogens is 176 g/mol. The van der Waals surface area contributed by atoms with E-state index < -0.39 is 0 Å². The minimum absolute atomic E-state index is 0.460. The van der Waals surface area contributed by atoms with Gasteiger partial charge in [0, 0.05) is 6.20 Å². The van der Waals surface area contributed by atoms with Crippen LogP contribution >= 0.6 is 0 Å². The van der Waals surface area contributed by atoms with E-state index in [1.807, 2.05) is 6.20 Å². The van der Waals surface area contributed by atoms with Crippen LogP contribution in [0.5, 0.6) is 0 Å². The molecule has 0 saturated carbocycles. The average Bonchev–Trinajstić information content (AvgIpc) is 2.74. The number of aromatic nitrogens is 2. The lowest BCUT2D eigenvalue weighted by atomic mass is 10.2. The van der Waals surface area contributed by atoms with Crippen molar-refractivity contribution < 1.29 is 0 Å². The standard InChI is InChI=1S/C10H18N4/c1-13-6-2-3-10(13)14-8-9(4-5-11)7-12-14/h7-8,10H,2-6,11H2,1H3. The van der Waals surface area contributed by atoms with Crippen molar-refractivity contribution in [3.8, 4) is 0 Å². The number of hydrogen-bond acceptors (Lipinski definition) is 3. The van der Waals surface area contributed by atoms with Gasteiger partial charge >= 0.3 is 0 Å². The van der Waals surface area contributed by atoms with Crippen molar-refractivity contribution in [3.05, 3.63) is 18.0 Å². The summed E-state index contributed by atoms with van der Waals surface area (Å²) in [6.45, 7) is 1.88. The Morgan fingerprint density at radius 3 is 3.14 bits per heavy atom. The summed E-state index contributed by atoms with van der Waals surface area (Å²) in [5.41, 5.74) is 6.75. The molecule has 0 amide bonds. The van der Waals surface area contributed by atoms with Gasteiger partial charge in [0.2, 0.25) is 0 Å². The van der Waals surface area contributed by atoms with Gasteiger partial charge in [-0.3, -0.25) is 9.58 Å². The predicted octanol–water partition coefficient (Wildman–Crippen LogP) is 0.608. The predicted molar refractivity (Wildman–Crippen MR) is 55.9 cm³/mol. The van der Waals surface area contributed by atoms with Crippen LogP contribution in [0.1, 0.15) is 24.6 Å². The van der Waals surface area contributed by atoms with Gasteiger partial charge in [0.15, 0.2) is 0 Å². The second-order valence-electron chi connectivity index (χ2n) is 3.97. The van der Waals surface area contributed by atoms with Crippen molar-refractivity contribution in [2.24, 2.45) is 5.73 Å². The molecule has 0 aromatic carbocycles. The van der Waals surface area contributed by atoms with Crippen molar-refractivity contribution in [2.45, 2.75) is 25.4 Å². The molecule has 0 spiro atoms. The van der Waals surface area contributed by atoms with E-state index in [4.69, 9.17) is 5.73 Å². The summed E-state index contributed by atoms with van der Waals surface area (Å²) in [7, 11) is 2.15. The zero-order chi connectivity index (χ0) is 9.97. The number of rotatable bonds is 3. The molecule has 2 N–H and O–H groups in total. The lowest BCUT2D eigenvalue weighted by molar-refractivity contribution is 0.220. The van der Waals surface area contributed by atoms with Crippen LogP contribution in [0.4, 0.5) is 0 Å². The Kier molecular flexibility index (Phi) is 2.84. The molecule has 0 radical (unpaired) electrons. The molecule has 1 atom stereocenters. The van der Waals surface area contributed by atoms with E-state index >= 15 is 0 Å². The molecule has 4 nitrogen and oxygen atoms in total. The molecule has 1 aliphatic heterocycles. The highest BCUT2D eigenvalue weighted by molar-refractivity contribution is 5.05. The van der Waals surface area contributed by atoms with Crippen molar-refractivity contribution in [2.75, 3.05) is 20.1 Å². The third-order valence-corrected chi connectivity index (χ3v) is 2.88. The first kappa shape index (κ1) is 9.68. The van der Waals surface area contributed by atoms with E-state index in [0.717, 1.165) is 6.42 Å². The largest absolute Gasteiger partial charge is 0.330 e. The summed E-state index contributed by atoms with van der Waals surface area (Å²) in [4.78, 5) is 2.35. The second-order valence-corrected chi connectivity index (χ2v) is 3.97. The van der Waals surface area contributed by atoms with E-state index in [-0.39, 0.29) is 0 Å². The minimum Gasteiger partial charge on any atom is -0.330 e. The third-order valence-electron chi connectivity index (χ3n) is 2.88. The van der Waals surface area contributed by atoms with E-state index in [9.17, 15) is 0 Å². The first-order chi connectivity index (χ1) is 6.81. The van der Waals surface area contributed by atoms with Gasteiger partial charge in [-0.05, 0) is 45.0 Å². The number of likely N-dealkylation sites (tertiary alicyclic amines) is 1. The fourth-order valence-corrected chi connectivity index (χ4v) is 2.06. The monoisotopic (exact) mass is 194 g/mol. The van der Waals surface area contributed by atoms with Gasteiger partial charge in [-0.25, -0.2) is 0 Å². The molecule has 14 heavy (non-hydrogen) atoms. The molecule has 1 aromatic heterocycles. The van der Waals surface area contributed by atoms with Gasteiger partial charge in [0.25, 0.3) is 0 Å². The van der Waals surface area contributed by atoms with Gasteiger partial charge in [0.1, 0.15) is 6.17 Å². The average molecular weight is 194 g/mol. The molecule has 0 bridgehead atoms. The van der Waals surface area contributed by atoms with Crippen LogP contribution < -0.4 is 5.73 Å². The van der Waals surface area contributed by atoms with Crippen molar-refractivity contribution >= 4 is 0 Å². The lowest BCUT2D eigenvalue weighted by Gasteiger charge is -2.19. The Labute approximate surface area is 84.7 Å². The summed E-state index contributed by atoms with van der Waals surface area (Å²) < 4.78 is 2.07. The molecule has 1 aliphatic rings. The van der Waals surface area contributed by atoms with Crippen LogP contribution in [0.25, 0.3) is 0 Å². The maximum absolute atomic E-state index is 5.50. The fraction of sp³-hybridized carbons (Fsp3) is 0.700. The smallest absolute Gasteiger partial charge is 0.104 e. The van der Waals surface area contributed by atoms with Crippen molar-refractivity contribution in [1.29, 1.82) is 0 Å². The summed E-state index contributed by atoms with van der Waals surface area (Å²) in [5.74, 6) is 0. The zero-order valence-corrected chi connectivity index (χ0v) is 8.69. The van der Waals surface area contributed by atoms with Crippen LogP contribution in [0.15, 0.2) is 12.4 Å². The minimum atomic E-state index is 0.460. The highest BCUT2D eigenvalue weighted by Crippen LogP contribution is 2.24. The first-order valence-corrected chi connectivity index (χ1v) is 5.24. The fourth-order valence-electron chi connectivity index (χ4n) is 2.06. The Hall–Kier alpha value is -0.870. The van der Waals surface area contributed by atoms with Crippen LogP contribution in [-0.4, -0.2) is 34.8 Å². The first-order valence-electron chi connectivity index (χ1n) is 5.24. The quantitative estimate of drug-likeness (QED) is 0.767. The van der Waals surface area contributed by atoms with Gasteiger partial charge in [0.05, 0.1) is 6.20 Å². The van der Waals surface area contributed by atoms with E-state index in [1.54, 1.807) is 0 Å². The van der Waals surface area contributed by atoms with Crippen LogP contribution in [0, 0.1) is 0 Å². The van der Waals surface area contributed by atoms with E-state index in [2.05, 4.69) is 27.9 Å². The highest BCUT2D eigenvalue weighted by atomic mass is 15.4. The summed E-state index contributed by atoms with van der Waals surface area (Å²) >= 11 is 0. The molecule has 1 fully saturated rings. The molecule has 2 heterocycles. The molecule has 0 aliphatic carbocycles. The Morgan fingerprint density at radius 2 is 2.50 bits per heavy atom. The molecule has 2 rings (SSSR count). The normalized spacial score (nSPS) is 23.1. The summed E-state index contributed by atoms with van der Waals surface area (Å²) in [6.07, 6.45) is 7.92. The SMILES string of the molecule is CN1CCCC1n1cc(CCN)cn1. The zero-order valence-electron chi connectivity index (χ0n) is 8.69. The molecule has 78 valence electrons. The van der Waals surface area contributed by atoms with Crippen molar-refractivity contribution in [3.63, 3.8) is 0 Å². The Bertz CT molecular complexity index is 294. The van der Waals surface area contributed by atoms with E-state index in [0.29, 0.717) is 12.7 Å². The number of hydrogen-bond donors (Lipinski definition) is 1. The maximum atomic E-state index is 5.50. The van der Waals surface area contributed by atoms with Gasteiger partial charge in [-0.15, -0.1) is 0 Å². The summed E-state index contributed by atoms with van der Waals surface area (Å²) in [5, 5.41) is 4.39. The van der Waals surface area contributed by atoms with Crippen LogP contribution in [-0.2, 0) is 6.42 Å². The number of nitrogens with zero attached hydrogens (tertiary/aromatic N) is 3. The summed E-state index contributed by atoms with van der Waals surface area (Å²) in [6, 6.07) is 0. The van der Waals surface area contributed by atoms with Gasteiger partial charge < -0.3 is 5.73 Å². The van der Waals surface area contributed by atoms with Crippen molar-refractivity contribution in [1.82, 2.24) is 14.7 Å². The Morgan fingerprint density at radius 1 is 1.64 bits per heavy atom. The van der Waals surface area contributed by atoms with Gasteiger partial charge in [-0.1, -0.05) is 0 Å². The third kappa shape index (κ3) is 1.81. The lowest BCUT2D eigenvalue weighted by Crippen LogP contribution is -2.23. The maximum Gasteiger partial charge on any atom is 0.104 e. The number of nitrogens with two attached hydrogens (primary N) is 1.